The number of rotatable bonds is 45. The van der Waals surface area contributed by atoms with E-state index >= 15 is 0 Å². The van der Waals surface area contributed by atoms with Gasteiger partial charge in [-0.1, -0.05) is 252 Å². The van der Waals surface area contributed by atoms with Crippen molar-refractivity contribution in [1.82, 2.24) is 0 Å². The maximum Gasteiger partial charge on any atom is 0.129 e. The summed E-state index contributed by atoms with van der Waals surface area (Å²) in [5.41, 5.74) is 18.5. The van der Waals surface area contributed by atoms with E-state index in [0.717, 1.165) is 172 Å². The third kappa shape index (κ3) is 21.0. The fourth-order valence-corrected chi connectivity index (χ4v) is 18.1. The zero-order valence-corrected chi connectivity index (χ0v) is 75.1. The second kappa shape index (κ2) is 43.3. The largest absolute Gasteiger partial charge is 0.498 e. The van der Waals surface area contributed by atoms with Gasteiger partial charge in [0.2, 0.25) is 0 Å². The zero-order chi connectivity index (χ0) is 87.5. The summed E-state index contributed by atoms with van der Waals surface area (Å²) in [4.78, 5) is 11.9. The lowest BCUT2D eigenvalue weighted by Crippen LogP contribution is -2.58. The highest BCUT2D eigenvalue weighted by Gasteiger charge is 2.49. The normalized spacial score (nSPS) is 11.5. The Morgan fingerprint density at radius 2 is 0.611 bits per heavy atom. The smallest absolute Gasteiger partial charge is 0.129 e. The molecule has 0 aliphatic heterocycles. The number of hydrogen-bond donors (Lipinski definition) is 0. The van der Waals surface area contributed by atoms with E-state index in [4.69, 9.17) is 28.4 Å². The summed E-state index contributed by atoms with van der Waals surface area (Å²) >= 11 is 0. The van der Waals surface area contributed by atoms with Crippen LogP contribution in [0.25, 0.3) is 22.3 Å². The molecule has 0 bridgehead atoms. The lowest BCUT2D eigenvalue weighted by molar-refractivity contribution is 0.179. The molecule has 0 atom stereocenters. The number of anilines is 12. The van der Waals surface area contributed by atoms with Gasteiger partial charge >= 0.3 is 0 Å². The molecular weight excluding hydrogens is 1550 g/mol. The number of nitrogens with zero attached hydrogens (tertiary/aromatic N) is 5. The summed E-state index contributed by atoms with van der Waals surface area (Å²) in [6.45, 7) is 27.4. The van der Waals surface area contributed by atoms with Gasteiger partial charge in [-0.3, -0.25) is 0 Å². The average molecular weight is 1670 g/mol. The van der Waals surface area contributed by atoms with Crippen molar-refractivity contribution in [3.05, 3.63) is 382 Å². The van der Waals surface area contributed by atoms with Gasteiger partial charge in [-0.05, 0) is 261 Å². The minimum absolute atomic E-state index is 0.263. The van der Waals surface area contributed by atoms with Crippen LogP contribution in [-0.2, 0) is 15.7 Å². The van der Waals surface area contributed by atoms with Crippen molar-refractivity contribution in [2.75, 3.05) is 57.5 Å². The minimum Gasteiger partial charge on any atom is -0.498 e. The van der Waals surface area contributed by atoms with E-state index in [9.17, 15) is 0 Å². The first-order valence-electron chi connectivity index (χ1n) is 45.6. The standard InChI is InChI=1S/C115H123N5O6/c1-11-19-21-32-80-122-109-48-34-44-102(84-109)116(17-7)94-68-74-108(75-69-94)126-112-51-36-46-104(86-112)118(103-45-35-49-110(85-103)123-81-33-22-20-12-2)97-66-58-90(59-67-97)88-52-60-92(61-53-88)113(9,10)115(15-5,16-6)120(105-47-37-50-111(87-105)124-83-82-121-18-8)101-72-78-107(79-73-101)125-106-76-70-98(71-77-106)117(95-38-26-23-27-39-95)96-64-56-91(57-65-96)89-54-62-93(63-55-89)114(13-3,14-4)119(99-40-28-24-29-41-99)100-42-30-25-31-43-100/h18,23-31,34-79,84-87H,8,11-17,19-22,32-33,80-83H2,1-7,9-10H3. The van der Waals surface area contributed by atoms with Crippen molar-refractivity contribution in [2.24, 2.45) is 0 Å². The predicted octanol–water partition coefficient (Wildman–Crippen LogP) is 32.7. The van der Waals surface area contributed by atoms with E-state index < -0.39 is 11.0 Å². The summed E-state index contributed by atoms with van der Waals surface area (Å²) in [6.07, 6.45) is 14.2. The summed E-state index contributed by atoms with van der Waals surface area (Å²) in [5, 5.41) is 0. The topological polar surface area (TPSA) is 71.6 Å². The van der Waals surface area contributed by atoms with Crippen LogP contribution in [0.3, 0.4) is 0 Å². The fourth-order valence-electron chi connectivity index (χ4n) is 18.1. The maximum atomic E-state index is 6.78. The molecule has 0 aromatic heterocycles. The molecule has 0 unspecified atom stereocenters. The molecule has 14 aromatic carbocycles. The van der Waals surface area contributed by atoms with Crippen molar-refractivity contribution >= 4 is 68.2 Å². The molecule has 0 fully saturated rings. The molecular formula is C115H123N5O6. The first-order valence-corrected chi connectivity index (χ1v) is 45.6. The summed E-state index contributed by atoms with van der Waals surface area (Å²) in [5.74, 6) is 5.41. The van der Waals surface area contributed by atoms with E-state index in [0.29, 0.717) is 19.8 Å². The van der Waals surface area contributed by atoms with E-state index in [2.05, 4.69) is 433 Å². The lowest BCUT2D eigenvalue weighted by atomic mass is 9.63. The number of para-hydroxylation sites is 3. The van der Waals surface area contributed by atoms with E-state index in [1.54, 1.807) is 0 Å². The second-order valence-corrected chi connectivity index (χ2v) is 32.8. The van der Waals surface area contributed by atoms with Crippen LogP contribution in [0.5, 0.6) is 40.2 Å². The Balaban J connectivity index is 0.699. The molecule has 0 N–H and O–H groups in total. The van der Waals surface area contributed by atoms with Crippen LogP contribution in [0, 0.1) is 0 Å². The molecule has 0 spiro atoms. The van der Waals surface area contributed by atoms with Crippen LogP contribution in [0.15, 0.2) is 371 Å². The van der Waals surface area contributed by atoms with Crippen molar-refractivity contribution < 1.29 is 28.4 Å². The summed E-state index contributed by atoms with van der Waals surface area (Å²) in [6, 6.07) is 127. The first kappa shape index (κ1) is 88.9. The highest BCUT2D eigenvalue weighted by Crippen LogP contribution is 2.52. The Hall–Kier alpha value is -13.4. The summed E-state index contributed by atoms with van der Waals surface area (Å²) in [7, 11) is 0. The Morgan fingerprint density at radius 3 is 1.06 bits per heavy atom. The van der Waals surface area contributed by atoms with Crippen LogP contribution in [-0.4, -0.2) is 38.5 Å². The van der Waals surface area contributed by atoms with Crippen molar-refractivity contribution in [2.45, 2.75) is 156 Å². The van der Waals surface area contributed by atoms with Gasteiger partial charge in [0, 0.05) is 104 Å². The monoisotopic (exact) mass is 1670 g/mol. The molecule has 14 rings (SSSR count). The van der Waals surface area contributed by atoms with Crippen molar-refractivity contribution in [3.63, 3.8) is 0 Å². The van der Waals surface area contributed by atoms with Gasteiger partial charge in [-0.15, -0.1) is 0 Å². The second-order valence-electron chi connectivity index (χ2n) is 32.8. The Labute approximate surface area is 749 Å². The zero-order valence-electron chi connectivity index (χ0n) is 75.1. The number of benzene rings is 14. The molecule has 11 heteroatoms. The predicted molar refractivity (Wildman–Crippen MR) is 528 cm³/mol. The van der Waals surface area contributed by atoms with Gasteiger partial charge in [0.25, 0.3) is 0 Å². The number of ether oxygens (including phenoxy) is 6. The van der Waals surface area contributed by atoms with Gasteiger partial charge < -0.3 is 52.9 Å². The summed E-state index contributed by atoms with van der Waals surface area (Å²) < 4.78 is 38.0. The van der Waals surface area contributed by atoms with Gasteiger partial charge in [-0.25, -0.2) is 0 Å². The van der Waals surface area contributed by atoms with Crippen LogP contribution >= 0.6 is 0 Å². The molecule has 0 aliphatic carbocycles. The average Bonchev–Trinajstić information content (AvgIpc) is 0.727. The first-order chi connectivity index (χ1) is 61.8. The molecule has 0 heterocycles. The van der Waals surface area contributed by atoms with E-state index in [1.807, 2.05) is 18.2 Å². The van der Waals surface area contributed by atoms with Gasteiger partial charge in [0.1, 0.15) is 53.5 Å². The van der Waals surface area contributed by atoms with Gasteiger partial charge in [0.05, 0.1) is 30.6 Å². The Bertz CT molecular complexity index is 5630. The lowest BCUT2D eigenvalue weighted by Gasteiger charge is -2.54. The molecule has 0 saturated carbocycles. The maximum absolute atomic E-state index is 6.78. The van der Waals surface area contributed by atoms with Crippen molar-refractivity contribution in [3.8, 4) is 62.5 Å². The Morgan fingerprint density at radius 1 is 0.270 bits per heavy atom. The number of unbranched alkanes of at least 4 members (excludes halogenated alkanes) is 6. The van der Waals surface area contributed by atoms with Gasteiger partial charge in [0.15, 0.2) is 0 Å². The fraction of sp³-hybridized carbons (Fsp3) is 0.252. The van der Waals surface area contributed by atoms with E-state index in [1.165, 1.54) is 66.4 Å². The van der Waals surface area contributed by atoms with Crippen molar-refractivity contribution in [1.29, 1.82) is 0 Å². The van der Waals surface area contributed by atoms with Crippen LogP contribution < -0.4 is 48.2 Å². The van der Waals surface area contributed by atoms with Gasteiger partial charge in [-0.2, -0.15) is 0 Å². The molecule has 0 saturated heterocycles. The highest BCUT2D eigenvalue weighted by molar-refractivity contribution is 5.82. The molecule has 0 aliphatic rings. The SMILES string of the molecule is C=COCCOc1cccc(N(c2ccc(Oc3ccc(N(c4ccccc4)c4ccc(-c5ccc(C(CC)(CC)N(c6ccccc6)c6ccccc6)cc5)cc4)cc3)cc2)C(CC)(CC)C(C)(C)c2ccc(-c3ccc(N(c4cccc(OCCCCCC)c4)c4cccc(Oc5ccc(N(CC)c6cccc(OCCCCCC)c6)cc5)c4)cc3)cc2)c1. The third-order valence-corrected chi connectivity index (χ3v) is 25.0. The highest BCUT2D eigenvalue weighted by atomic mass is 16.5. The number of hydrogen-bond acceptors (Lipinski definition) is 11. The van der Waals surface area contributed by atoms with Crippen LogP contribution in [0.1, 0.15) is 150 Å². The minimum atomic E-state index is -0.470. The van der Waals surface area contributed by atoms with Crippen LogP contribution in [0.2, 0.25) is 0 Å². The third-order valence-electron chi connectivity index (χ3n) is 25.0. The molecule has 14 aromatic rings. The quantitative estimate of drug-likeness (QED) is 0.0271. The molecule has 644 valence electrons. The molecule has 11 nitrogen and oxygen atoms in total. The molecule has 0 amide bonds. The Kier molecular flexibility index (Phi) is 30.6. The molecule has 0 radical (unpaired) electrons. The molecule has 126 heavy (non-hydrogen) atoms. The van der Waals surface area contributed by atoms with Crippen LogP contribution in [0.4, 0.5) is 68.2 Å². The van der Waals surface area contributed by atoms with E-state index in [-0.39, 0.29) is 5.54 Å².